The number of fused-ring (bicyclic) bond motifs is 2. The normalized spacial score (nSPS) is 15.3. The minimum Gasteiger partial charge on any atom is -0.384 e. The molecule has 1 N–H and O–H groups in total. The lowest BCUT2D eigenvalue weighted by molar-refractivity contribution is 0.228. The second-order valence-corrected chi connectivity index (χ2v) is 7.09. The van der Waals surface area contributed by atoms with Crippen LogP contribution >= 0.6 is 12.4 Å². The predicted molar refractivity (Wildman–Crippen MR) is 111 cm³/mol. The van der Waals surface area contributed by atoms with Crippen molar-refractivity contribution in [1.82, 2.24) is 19.7 Å². The monoisotopic (exact) mass is 373 g/mol. The number of aromatic nitrogens is 3. The molecule has 1 aliphatic rings. The molecule has 1 aromatic carbocycles. The second kappa shape index (κ2) is 8.23. The van der Waals surface area contributed by atoms with Crippen molar-refractivity contribution in [3.63, 3.8) is 0 Å². The van der Waals surface area contributed by atoms with Crippen molar-refractivity contribution >= 4 is 40.0 Å². The summed E-state index contributed by atoms with van der Waals surface area (Å²) >= 11 is 0. The van der Waals surface area contributed by atoms with Gasteiger partial charge in [-0.1, -0.05) is 24.6 Å². The zero-order chi connectivity index (χ0) is 17.2. The van der Waals surface area contributed by atoms with Crippen LogP contribution in [0.2, 0.25) is 0 Å². The number of hydrogen-bond acceptors (Lipinski definition) is 4. The first-order chi connectivity index (χ1) is 12.2. The van der Waals surface area contributed by atoms with E-state index in [9.17, 15) is 0 Å². The van der Waals surface area contributed by atoms with Gasteiger partial charge < -0.3 is 10.2 Å². The first-order valence-electron chi connectivity index (χ1n) is 9.42. The van der Waals surface area contributed by atoms with E-state index in [0.717, 1.165) is 35.2 Å². The lowest BCUT2D eigenvalue weighted by Crippen LogP contribution is -2.31. The number of likely N-dealkylation sites (tertiary alicyclic amines) is 1. The van der Waals surface area contributed by atoms with Gasteiger partial charge in [0.1, 0.15) is 0 Å². The molecule has 0 radical (unpaired) electrons. The van der Waals surface area contributed by atoms with Crippen LogP contribution < -0.4 is 5.32 Å². The van der Waals surface area contributed by atoms with Crippen LogP contribution in [0.5, 0.6) is 0 Å². The van der Waals surface area contributed by atoms with E-state index in [0.29, 0.717) is 0 Å². The third-order valence-electron chi connectivity index (χ3n) is 5.24. The number of benzene rings is 1. The predicted octanol–water partition coefficient (Wildman–Crippen LogP) is 4.14. The topological polar surface area (TPSA) is 46.0 Å². The summed E-state index contributed by atoms with van der Waals surface area (Å²) in [5.41, 5.74) is 4.20. The van der Waals surface area contributed by atoms with Crippen LogP contribution in [-0.4, -0.2) is 45.8 Å². The highest BCUT2D eigenvalue weighted by Gasteiger charge is 2.15. The molecule has 0 atom stereocenters. The zero-order valence-corrected chi connectivity index (χ0v) is 16.5. The molecule has 0 saturated carbocycles. The summed E-state index contributed by atoms with van der Waals surface area (Å²) in [7, 11) is 1.97. The fraction of sp³-hybridized carbons (Fsp3) is 0.500. The summed E-state index contributed by atoms with van der Waals surface area (Å²) in [5, 5.41) is 10.6. The molecule has 1 aliphatic heterocycles. The molecule has 0 aliphatic carbocycles. The van der Waals surface area contributed by atoms with E-state index in [2.05, 4.69) is 40.4 Å². The van der Waals surface area contributed by atoms with Crippen molar-refractivity contribution in [2.75, 3.05) is 31.5 Å². The third kappa shape index (κ3) is 3.64. The summed E-state index contributed by atoms with van der Waals surface area (Å²) in [6, 6.07) is 8.36. The minimum atomic E-state index is 0. The van der Waals surface area contributed by atoms with Crippen LogP contribution in [0.1, 0.15) is 31.4 Å². The van der Waals surface area contributed by atoms with Crippen molar-refractivity contribution < 1.29 is 0 Å². The Morgan fingerprint density at radius 2 is 1.88 bits per heavy atom. The first kappa shape index (κ1) is 18.9. The average Bonchev–Trinajstić information content (AvgIpc) is 2.92. The minimum absolute atomic E-state index is 0. The number of nitrogens with zero attached hydrogens (tertiary/aromatic N) is 4. The number of pyridine rings is 1. The van der Waals surface area contributed by atoms with Crippen molar-refractivity contribution in [3.8, 4) is 0 Å². The number of anilines is 1. The van der Waals surface area contributed by atoms with Crippen LogP contribution in [-0.2, 0) is 7.05 Å². The molecule has 4 rings (SSSR count). The Morgan fingerprint density at radius 3 is 2.69 bits per heavy atom. The number of piperidine rings is 1. The Hall–Kier alpha value is -1.85. The van der Waals surface area contributed by atoms with E-state index in [1.54, 1.807) is 0 Å². The molecule has 5 nitrogen and oxygen atoms in total. The standard InChI is InChI=1S/C20H27N5.ClH/c1-15-18-19(21-11-8-14-25-12-6-3-7-13-25)16-9-4-5-10-17(16)22-20(18)24(2)23-15;/h4-5,9-10H,3,6-8,11-14H2,1-2H3,(H,21,22);1H. The molecular formula is C20H28ClN5. The number of hydrogen-bond donors (Lipinski definition) is 1. The van der Waals surface area contributed by atoms with Crippen LogP contribution in [0, 0.1) is 6.92 Å². The summed E-state index contributed by atoms with van der Waals surface area (Å²) < 4.78 is 1.88. The van der Waals surface area contributed by atoms with Gasteiger partial charge in [0.25, 0.3) is 0 Å². The molecule has 140 valence electrons. The number of rotatable bonds is 5. The summed E-state index contributed by atoms with van der Waals surface area (Å²) in [4.78, 5) is 7.41. The molecule has 3 aromatic rings. The van der Waals surface area contributed by atoms with Gasteiger partial charge in [0.15, 0.2) is 5.65 Å². The van der Waals surface area contributed by atoms with Crippen molar-refractivity contribution in [3.05, 3.63) is 30.0 Å². The number of aryl methyl sites for hydroxylation is 2. The van der Waals surface area contributed by atoms with E-state index in [-0.39, 0.29) is 12.4 Å². The van der Waals surface area contributed by atoms with Gasteiger partial charge in [0.05, 0.1) is 22.3 Å². The van der Waals surface area contributed by atoms with E-state index in [1.165, 1.54) is 50.0 Å². The largest absolute Gasteiger partial charge is 0.384 e. The van der Waals surface area contributed by atoms with Crippen LogP contribution in [0.25, 0.3) is 21.9 Å². The maximum atomic E-state index is 4.81. The molecule has 0 amide bonds. The van der Waals surface area contributed by atoms with E-state index >= 15 is 0 Å². The fourth-order valence-electron chi connectivity index (χ4n) is 3.98. The Labute approximate surface area is 161 Å². The van der Waals surface area contributed by atoms with Crippen molar-refractivity contribution in [2.45, 2.75) is 32.6 Å². The zero-order valence-electron chi connectivity index (χ0n) is 15.7. The first-order valence-corrected chi connectivity index (χ1v) is 9.42. The van der Waals surface area contributed by atoms with Crippen LogP contribution in [0.15, 0.2) is 24.3 Å². The van der Waals surface area contributed by atoms with Gasteiger partial charge in [-0.25, -0.2) is 4.98 Å². The van der Waals surface area contributed by atoms with E-state index in [4.69, 9.17) is 4.98 Å². The van der Waals surface area contributed by atoms with Gasteiger partial charge in [-0.15, -0.1) is 12.4 Å². The highest BCUT2D eigenvalue weighted by molar-refractivity contribution is 6.07. The molecule has 3 heterocycles. The second-order valence-electron chi connectivity index (χ2n) is 7.09. The SMILES string of the molecule is Cc1nn(C)c2nc3ccccc3c(NCCCN3CCCCC3)c12.Cl. The number of halogens is 1. The number of para-hydroxylation sites is 1. The van der Waals surface area contributed by atoms with Crippen molar-refractivity contribution in [1.29, 1.82) is 0 Å². The lowest BCUT2D eigenvalue weighted by Gasteiger charge is -2.26. The average molecular weight is 374 g/mol. The lowest BCUT2D eigenvalue weighted by atomic mass is 10.1. The smallest absolute Gasteiger partial charge is 0.160 e. The van der Waals surface area contributed by atoms with Gasteiger partial charge in [-0.05, 0) is 51.9 Å². The highest BCUT2D eigenvalue weighted by Crippen LogP contribution is 2.32. The summed E-state index contributed by atoms with van der Waals surface area (Å²) in [5.74, 6) is 0. The molecule has 0 unspecified atom stereocenters. The molecule has 1 fully saturated rings. The van der Waals surface area contributed by atoms with Gasteiger partial charge >= 0.3 is 0 Å². The Balaban J connectivity index is 0.00000196. The molecule has 0 spiro atoms. The number of nitrogens with one attached hydrogen (secondary N) is 1. The molecule has 26 heavy (non-hydrogen) atoms. The van der Waals surface area contributed by atoms with Gasteiger partial charge in [0, 0.05) is 19.0 Å². The van der Waals surface area contributed by atoms with Crippen molar-refractivity contribution in [2.24, 2.45) is 7.05 Å². The molecule has 1 saturated heterocycles. The van der Waals surface area contributed by atoms with Gasteiger partial charge in [-0.3, -0.25) is 4.68 Å². The molecule has 6 heteroatoms. The Kier molecular flexibility index (Phi) is 5.99. The Bertz CT molecular complexity index is 883. The van der Waals surface area contributed by atoms with Crippen LogP contribution in [0.4, 0.5) is 5.69 Å². The highest BCUT2D eigenvalue weighted by atomic mass is 35.5. The van der Waals surface area contributed by atoms with E-state index in [1.807, 2.05) is 17.8 Å². The maximum Gasteiger partial charge on any atom is 0.160 e. The van der Waals surface area contributed by atoms with Gasteiger partial charge in [0.2, 0.25) is 0 Å². The van der Waals surface area contributed by atoms with Crippen LogP contribution in [0.3, 0.4) is 0 Å². The molecule has 2 aromatic heterocycles. The Morgan fingerprint density at radius 1 is 1.12 bits per heavy atom. The summed E-state index contributed by atoms with van der Waals surface area (Å²) in [6.45, 7) is 6.77. The quantitative estimate of drug-likeness (QED) is 0.683. The van der Waals surface area contributed by atoms with E-state index < -0.39 is 0 Å². The molecule has 0 bridgehead atoms. The van der Waals surface area contributed by atoms with Gasteiger partial charge in [-0.2, -0.15) is 5.10 Å². The fourth-order valence-corrected chi connectivity index (χ4v) is 3.98. The summed E-state index contributed by atoms with van der Waals surface area (Å²) in [6.07, 6.45) is 5.28. The maximum absolute atomic E-state index is 4.81. The third-order valence-corrected chi connectivity index (χ3v) is 5.24. The molecular weight excluding hydrogens is 346 g/mol.